The summed E-state index contributed by atoms with van der Waals surface area (Å²) in [6.45, 7) is 6.56. The van der Waals surface area contributed by atoms with E-state index in [0.717, 1.165) is 39.2 Å². The lowest BCUT2D eigenvalue weighted by molar-refractivity contribution is -0.107. The fourth-order valence-corrected chi connectivity index (χ4v) is 2.55. The fraction of sp³-hybridized carbons (Fsp3) is 1.00. The lowest BCUT2D eigenvalue weighted by Crippen LogP contribution is -2.46. The van der Waals surface area contributed by atoms with Gasteiger partial charge in [0.1, 0.15) is 0 Å². The highest BCUT2D eigenvalue weighted by Crippen LogP contribution is 2.23. The molecule has 16 heavy (non-hydrogen) atoms. The van der Waals surface area contributed by atoms with Crippen molar-refractivity contribution in [3.63, 3.8) is 0 Å². The van der Waals surface area contributed by atoms with Crippen molar-refractivity contribution in [2.75, 3.05) is 46.0 Å². The second-order valence-corrected chi connectivity index (χ2v) is 4.90. The van der Waals surface area contributed by atoms with Gasteiger partial charge in [-0.25, -0.2) is 0 Å². The Hall–Kier alpha value is -0.160. The number of nitrogens with two attached hydrogens (primary N) is 1. The minimum atomic E-state index is -0.0992. The molecule has 2 aliphatic rings. The zero-order valence-electron chi connectivity index (χ0n) is 10.1. The van der Waals surface area contributed by atoms with Crippen LogP contribution in [-0.2, 0) is 9.47 Å². The molecular formula is C12H24N2O2. The molecule has 4 heteroatoms. The molecule has 0 bridgehead atoms. The zero-order valence-corrected chi connectivity index (χ0v) is 10.1. The highest BCUT2D eigenvalue weighted by Gasteiger charge is 2.32. The molecule has 0 unspecified atom stereocenters. The molecule has 0 amide bonds. The molecule has 0 radical (unpaired) electrons. The van der Waals surface area contributed by atoms with E-state index in [9.17, 15) is 0 Å². The number of nitrogens with zero attached hydrogens (tertiary/aromatic N) is 1. The molecule has 0 aromatic carbocycles. The Morgan fingerprint density at radius 3 is 2.50 bits per heavy atom. The molecule has 0 aliphatic carbocycles. The predicted molar refractivity (Wildman–Crippen MR) is 63.5 cm³/mol. The van der Waals surface area contributed by atoms with Crippen molar-refractivity contribution in [3.8, 4) is 0 Å². The van der Waals surface area contributed by atoms with Gasteiger partial charge in [0.15, 0.2) is 0 Å². The Balaban J connectivity index is 1.69. The first-order chi connectivity index (χ1) is 7.85. The predicted octanol–water partition coefficient (Wildman–Crippen LogP) is 0.607. The number of likely N-dealkylation sites (tertiary alicyclic amines) is 1. The smallest absolute Gasteiger partial charge is 0.0848 e. The summed E-state index contributed by atoms with van der Waals surface area (Å²) in [5.41, 5.74) is 5.74. The zero-order chi connectivity index (χ0) is 11.3. The number of ether oxygens (including phenoxy) is 2. The standard InChI is InChI=1S/C12H24N2O2/c13-11-12(3-8-15-9-4-12)16-10-7-14-5-1-2-6-14/h1-11,13H2. The van der Waals surface area contributed by atoms with Gasteiger partial charge in [0.2, 0.25) is 0 Å². The largest absolute Gasteiger partial charge is 0.381 e. The van der Waals surface area contributed by atoms with Crippen LogP contribution in [0.15, 0.2) is 0 Å². The number of hydrogen-bond donors (Lipinski definition) is 1. The summed E-state index contributed by atoms with van der Waals surface area (Å²) in [7, 11) is 0. The minimum absolute atomic E-state index is 0.0992. The van der Waals surface area contributed by atoms with Crippen molar-refractivity contribution in [1.29, 1.82) is 0 Å². The first-order valence-corrected chi connectivity index (χ1v) is 6.49. The summed E-state index contributed by atoms with van der Waals surface area (Å²) in [6, 6.07) is 0. The van der Waals surface area contributed by atoms with Crippen LogP contribution in [0, 0.1) is 0 Å². The maximum absolute atomic E-state index is 6.04. The lowest BCUT2D eigenvalue weighted by atomic mass is 9.94. The van der Waals surface area contributed by atoms with Crippen LogP contribution in [0.4, 0.5) is 0 Å². The third-order valence-electron chi connectivity index (χ3n) is 3.79. The molecular weight excluding hydrogens is 204 g/mol. The van der Waals surface area contributed by atoms with Gasteiger partial charge in [-0.2, -0.15) is 0 Å². The van der Waals surface area contributed by atoms with E-state index >= 15 is 0 Å². The van der Waals surface area contributed by atoms with Gasteiger partial charge in [0.25, 0.3) is 0 Å². The van der Waals surface area contributed by atoms with E-state index in [1.54, 1.807) is 0 Å². The van der Waals surface area contributed by atoms with Crippen molar-refractivity contribution in [2.45, 2.75) is 31.3 Å². The van der Waals surface area contributed by atoms with Crippen molar-refractivity contribution < 1.29 is 9.47 Å². The summed E-state index contributed by atoms with van der Waals surface area (Å²) in [6.07, 6.45) is 4.58. The van der Waals surface area contributed by atoms with E-state index in [1.165, 1.54) is 25.9 Å². The Kier molecular flexibility index (Phi) is 4.58. The number of rotatable bonds is 5. The van der Waals surface area contributed by atoms with Crippen LogP contribution in [0.5, 0.6) is 0 Å². The third-order valence-corrected chi connectivity index (χ3v) is 3.79. The molecule has 94 valence electrons. The van der Waals surface area contributed by atoms with Crippen LogP contribution in [0.2, 0.25) is 0 Å². The Bertz CT molecular complexity index is 199. The Morgan fingerprint density at radius 1 is 1.19 bits per heavy atom. The van der Waals surface area contributed by atoms with E-state index in [4.69, 9.17) is 15.2 Å². The molecule has 2 aliphatic heterocycles. The second kappa shape index (κ2) is 5.96. The highest BCUT2D eigenvalue weighted by molar-refractivity contribution is 4.84. The average molecular weight is 228 g/mol. The van der Waals surface area contributed by atoms with Crippen LogP contribution in [0.25, 0.3) is 0 Å². The molecule has 2 N–H and O–H groups in total. The van der Waals surface area contributed by atoms with Crippen molar-refractivity contribution >= 4 is 0 Å². The molecule has 2 heterocycles. The molecule has 4 nitrogen and oxygen atoms in total. The van der Waals surface area contributed by atoms with Crippen LogP contribution >= 0.6 is 0 Å². The highest BCUT2D eigenvalue weighted by atomic mass is 16.5. The van der Waals surface area contributed by atoms with E-state index in [2.05, 4.69) is 4.90 Å². The van der Waals surface area contributed by atoms with E-state index in [0.29, 0.717) is 6.54 Å². The first-order valence-electron chi connectivity index (χ1n) is 6.49. The maximum atomic E-state index is 6.04. The first kappa shape index (κ1) is 12.3. The molecule has 0 aromatic heterocycles. The lowest BCUT2D eigenvalue weighted by Gasteiger charge is -2.36. The van der Waals surface area contributed by atoms with E-state index in [1.807, 2.05) is 0 Å². The van der Waals surface area contributed by atoms with Gasteiger partial charge in [-0.05, 0) is 25.9 Å². The van der Waals surface area contributed by atoms with Crippen LogP contribution < -0.4 is 5.73 Å². The van der Waals surface area contributed by atoms with Gasteiger partial charge in [0, 0.05) is 39.1 Å². The van der Waals surface area contributed by atoms with E-state index in [-0.39, 0.29) is 5.60 Å². The molecule has 2 rings (SSSR count). The van der Waals surface area contributed by atoms with Gasteiger partial charge >= 0.3 is 0 Å². The quantitative estimate of drug-likeness (QED) is 0.749. The fourth-order valence-electron chi connectivity index (χ4n) is 2.55. The van der Waals surface area contributed by atoms with E-state index < -0.39 is 0 Å². The topological polar surface area (TPSA) is 47.7 Å². The van der Waals surface area contributed by atoms with Gasteiger partial charge < -0.3 is 20.1 Å². The second-order valence-electron chi connectivity index (χ2n) is 4.90. The summed E-state index contributed by atoms with van der Waals surface area (Å²) in [4.78, 5) is 2.48. The summed E-state index contributed by atoms with van der Waals surface area (Å²) >= 11 is 0. The van der Waals surface area contributed by atoms with Crippen molar-refractivity contribution in [2.24, 2.45) is 5.73 Å². The normalized spacial score (nSPS) is 26.1. The Labute approximate surface area is 98.1 Å². The molecule has 2 fully saturated rings. The number of hydrogen-bond acceptors (Lipinski definition) is 4. The van der Waals surface area contributed by atoms with Crippen molar-refractivity contribution in [1.82, 2.24) is 4.90 Å². The summed E-state index contributed by atoms with van der Waals surface area (Å²) in [5.74, 6) is 0. The third kappa shape index (κ3) is 3.17. The van der Waals surface area contributed by atoms with Crippen LogP contribution in [0.3, 0.4) is 0 Å². The van der Waals surface area contributed by atoms with Crippen LogP contribution in [-0.4, -0.2) is 56.5 Å². The van der Waals surface area contributed by atoms with Gasteiger partial charge in [-0.15, -0.1) is 0 Å². The SMILES string of the molecule is NCC1(OCCN2CCCC2)CCOCC1. The molecule has 2 saturated heterocycles. The van der Waals surface area contributed by atoms with Crippen LogP contribution in [0.1, 0.15) is 25.7 Å². The Morgan fingerprint density at radius 2 is 1.88 bits per heavy atom. The molecule has 0 aromatic rings. The summed E-state index contributed by atoms with van der Waals surface area (Å²) in [5, 5.41) is 0. The van der Waals surface area contributed by atoms with Gasteiger partial charge in [-0.1, -0.05) is 0 Å². The monoisotopic (exact) mass is 228 g/mol. The molecule has 0 saturated carbocycles. The van der Waals surface area contributed by atoms with Crippen molar-refractivity contribution in [3.05, 3.63) is 0 Å². The van der Waals surface area contributed by atoms with Gasteiger partial charge in [-0.3, -0.25) is 0 Å². The minimum Gasteiger partial charge on any atom is -0.381 e. The summed E-state index contributed by atoms with van der Waals surface area (Å²) < 4.78 is 11.4. The molecule has 0 atom stereocenters. The average Bonchev–Trinajstić information content (AvgIpc) is 2.83. The van der Waals surface area contributed by atoms with Gasteiger partial charge in [0.05, 0.1) is 12.2 Å². The maximum Gasteiger partial charge on any atom is 0.0848 e. The molecule has 0 spiro atoms.